The van der Waals surface area contributed by atoms with Crippen LogP contribution in [0.2, 0.25) is 0 Å². The molecule has 5 atom stereocenters. The summed E-state index contributed by atoms with van der Waals surface area (Å²) in [6.07, 6.45) is 6.87. The summed E-state index contributed by atoms with van der Waals surface area (Å²) in [5, 5.41) is 9.78. The van der Waals surface area contributed by atoms with Crippen LogP contribution in [0.1, 0.15) is 32.1 Å². The third kappa shape index (κ3) is 0.807. The molecule has 11 heavy (non-hydrogen) atoms. The summed E-state index contributed by atoms with van der Waals surface area (Å²) < 4.78 is 0. The fourth-order valence-corrected chi connectivity index (χ4v) is 3.92. The van der Waals surface area contributed by atoms with Gasteiger partial charge in [-0.2, -0.15) is 0 Å². The highest BCUT2D eigenvalue weighted by Crippen LogP contribution is 2.54. The van der Waals surface area contributed by atoms with Gasteiger partial charge in [0.15, 0.2) is 0 Å². The van der Waals surface area contributed by atoms with Gasteiger partial charge in [-0.25, -0.2) is 0 Å². The molecule has 0 aliphatic heterocycles. The van der Waals surface area contributed by atoms with Crippen molar-refractivity contribution < 1.29 is 5.11 Å². The van der Waals surface area contributed by atoms with Crippen molar-refractivity contribution in [3.63, 3.8) is 0 Å². The van der Waals surface area contributed by atoms with Gasteiger partial charge in [-0.1, -0.05) is 0 Å². The van der Waals surface area contributed by atoms with E-state index in [2.05, 4.69) is 0 Å². The van der Waals surface area contributed by atoms with Gasteiger partial charge in [0, 0.05) is 0 Å². The van der Waals surface area contributed by atoms with Gasteiger partial charge in [-0.15, -0.1) is 0 Å². The Hall–Kier alpha value is -0.0400. The van der Waals surface area contributed by atoms with Crippen LogP contribution in [-0.4, -0.2) is 11.2 Å². The molecule has 1 N–H and O–H groups in total. The first-order valence-corrected chi connectivity index (χ1v) is 5.01. The van der Waals surface area contributed by atoms with E-state index >= 15 is 0 Å². The molecule has 0 aromatic heterocycles. The first-order chi connectivity index (χ1) is 5.33. The number of aliphatic hydroxyl groups is 1. The molecule has 0 aromatic carbocycles. The lowest BCUT2D eigenvalue weighted by atomic mass is 9.71. The number of hydrogen-bond acceptors (Lipinski definition) is 1. The Morgan fingerprint density at radius 3 is 2.36 bits per heavy atom. The molecule has 3 fully saturated rings. The van der Waals surface area contributed by atoms with Crippen molar-refractivity contribution in [2.75, 3.05) is 0 Å². The van der Waals surface area contributed by atoms with Gasteiger partial charge in [0.2, 0.25) is 0 Å². The molecule has 0 amide bonds. The number of fused-ring (bicyclic) bond motifs is 2. The predicted molar refractivity (Wildman–Crippen MR) is 43.1 cm³/mol. The first-order valence-electron chi connectivity index (χ1n) is 5.01. The van der Waals surface area contributed by atoms with Gasteiger partial charge in [0.1, 0.15) is 0 Å². The molecule has 0 saturated heterocycles. The van der Waals surface area contributed by atoms with Crippen molar-refractivity contribution in [2.24, 2.45) is 23.7 Å². The Labute approximate surface area is 67.8 Å². The molecule has 3 rings (SSSR count). The van der Waals surface area contributed by atoms with Gasteiger partial charge >= 0.3 is 0 Å². The van der Waals surface area contributed by atoms with Crippen LogP contribution in [0.25, 0.3) is 0 Å². The van der Waals surface area contributed by atoms with Crippen LogP contribution in [0.15, 0.2) is 0 Å². The van der Waals surface area contributed by atoms with Crippen LogP contribution < -0.4 is 0 Å². The van der Waals surface area contributed by atoms with E-state index in [0.717, 1.165) is 24.2 Å². The Morgan fingerprint density at radius 1 is 0.818 bits per heavy atom. The van der Waals surface area contributed by atoms with Crippen molar-refractivity contribution in [1.29, 1.82) is 0 Å². The van der Waals surface area contributed by atoms with E-state index < -0.39 is 0 Å². The highest BCUT2D eigenvalue weighted by atomic mass is 16.3. The average Bonchev–Trinajstić information content (AvgIpc) is 2.19. The summed E-state index contributed by atoms with van der Waals surface area (Å²) >= 11 is 0. The van der Waals surface area contributed by atoms with E-state index in [1.54, 1.807) is 0 Å². The van der Waals surface area contributed by atoms with E-state index in [9.17, 15) is 5.11 Å². The minimum absolute atomic E-state index is 0.0752. The van der Waals surface area contributed by atoms with Crippen LogP contribution in [-0.2, 0) is 0 Å². The summed E-state index contributed by atoms with van der Waals surface area (Å²) in [5.41, 5.74) is 0. The highest BCUT2D eigenvalue weighted by molar-refractivity contribution is 4.98. The molecule has 0 heterocycles. The molecule has 0 unspecified atom stereocenters. The SMILES string of the molecule is O[C@@H]1C[C@@H]2C[C@H]3C[C@@H](C2)[C@@H]1C3. The molecule has 3 aliphatic carbocycles. The van der Waals surface area contributed by atoms with Crippen LogP contribution in [0.5, 0.6) is 0 Å². The normalized spacial score (nSPS) is 60.3. The first kappa shape index (κ1) is 6.47. The maximum absolute atomic E-state index is 9.78. The zero-order chi connectivity index (χ0) is 7.42. The molecule has 3 saturated carbocycles. The second kappa shape index (κ2) is 2.01. The average molecular weight is 152 g/mol. The number of rotatable bonds is 0. The van der Waals surface area contributed by atoms with E-state index in [1.807, 2.05) is 0 Å². The molecular formula is C10H16O. The minimum atomic E-state index is 0.0752. The fourth-order valence-electron chi connectivity index (χ4n) is 3.92. The summed E-state index contributed by atoms with van der Waals surface area (Å²) in [7, 11) is 0. The fraction of sp³-hybridized carbons (Fsp3) is 1.00. The molecule has 1 heteroatoms. The van der Waals surface area contributed by atoms with Crippen molar-refractivity contribution in [3.8, 4) is 0 Å². The zero-order valence-corrected chi connectivity index (χ0v) is 6.87. The zero-order valence-electron chi connectivity index (χ0n) is 6.87. The van der Waals surface area contributed by atoms with Crippen LogP contribution in [0.4, 0.5) is 0 Å². The summed E-state index contributed by atoms with van der Waals surface area (Å²) in [5.74, 6) is 3.52. The Morgan fingerprint density at radius 2 is 1.55 bits per heavy atom. The molecular weight excluding hydrogens is 136 g/mol. The third-order valence-electron chi connectivity index (χ3n) is 4.22. The largest absolute Gasteiger partial charge is 0.393 e. The van der Waals surface area contributed by atoms with Crippen molar-refractivity contribution in [2.45, 2.75) is 38.2 Å². The smallest absolute Gasteiger partial charge is 0.0573 e. The lowest BCUT2D eigenvalue weighted by Crippen LogP contribution is -2.33. The molecule has 62 valence electrons. The Balaban J connectivity index is 1.94. The Bertz CT molecular complexity index is 173. The lowest BCUT2D eigenvalue weighted by molar-refractivity contribution is 0.0205. The van der Waals surface area contributed by atoms with Gasteiger partial charge < -0.3 is 5.11 Å². The Kier molecular flexibility index (Phi) is 1.18. The molecule has 0 spiro atoms. The molecule has 0 radical (unpaired) electrons. The second-order valence-corrected chi connectivity index (χ2v) is 4.90. The van der Waals surface area contributed by atoms with E-state index in [1.165, 1.54) is 25.7 Å². The number of hydrogen-bond donors (Lipinski definition) is 1. The lowest BCUT2D eigenvalue weighted by Gasteiger charge is -2.36. The molecule has 3 bridgehead atoms. The highest BCUT2D eigenvalue weighted by Gasteiger charge is 2.48. The van der Waals surface area contributed by atoms with Gasteiger partial charge in [0.05, 0.1) is 6.10 Å². The predicted octanol–water partition coefficient (Wildman–Crippen LogP) is 1.80. The second-order valence-electron chi connectivity index (χ2n) is 4.90. The van der Waals surface area contributed by atoms with E-state index in [4.69, 9.17) is 0 Å². The number of aliphatic hydroxyl groups excluding tert-OH is 1. The molecule has 1 nitrogen and oxygen atoms in total. The summed E-state index contributed by atoms with van der Waals surface area (Å²) in [4.78, 5) is 0. The maximum atomic E-state index is 9.78. The minimum Gasteiger partial charge on any atom is -0.393 e. The van der Waals surface area contributed by atoms with Crippen LogP contribution in [0.3, 0.4) is 0 Å². The van der Waals surface area contributed by atoms with Gasteiger partial charge in [-0.05, 0) is 55.8 Å². The van der Waals surface area contributed by atoms with Crippen molar-refractivity contribution in [3.05, 3.63) is 0 Å². The van der Waals surface area contributed by atoms with E-state index in [0.29, 0.717) is 5.92 Å². The quantitative estimate of drug-likeness (QED) is 0.561. The topological polar surface area (TPSA) is 20.2 Å². The summed E-state index contributed by atoms with van der Waals surface area (Å²) in [6.45, 7) is 0. The van der Waals surface area contributed by atoms with Crippen molar-refractivity contribution >= 4 is 0 Å². The van der Waals surface area contributed by atoms with Gasteiger partial charge in [0.25, 0.3) is 0 Å². The van der Waals surface area contributed by atoms with E-state index in [-0.39, 0.29) is 6.10 Å². The molecule has 0 aromatic rings. The summed E-state index contributed by atoms with van der Waals surface area (Å²) in [6, 6.07) is 0. The standard InChI is InChI=1S/C10H16O/c11-10-5-7-1-6-2-8(3-7)9(10)4-6/h6-11H,1-5H2/t6-,7+,8-,9-,10+/m0/s1. The molecule has 3 aliphatic rings. The van der Waals surface area contributed by atoms with Crippen LogP contribution >= 0.6 is 0 Å². The van der Waals surface area contributed by atoms with Crippen molar-refractivity contribution in [1.82, 2.24) is 0 Å². The third-order valence-corrected chi connectivity index (χ3v) is 4.22. The maximum Gasteiger partial charge on any atom is 0.0573 e. The van der Waals surface area contributed by atoms with Gasteiger partial charge in [-0.3, -0.25) is 0 Å². The van der Waals surface area contributed by atoms with Crippen LogP contribution in [0, 0.1) is 23.7 Å². The monoisotopic (exact) mass is 152 g/mol.